The molecule has 0 bridgehead atoms. The summed E-state index contributed by atoms with van der Waals surface area (Å²) in [5.41, 5.74) is 7.10. The van der Waals surface area contributed by atoms with Gasteiger partial charge in [0.05, 0.1) is 30.2 Å². The fraction of sp³-hybridized carbons (Fsp3) is 0.0769. The van der Waals surface area contributed by atoms with Crippen LogP contribution in [0.4, 0.5) is 17.2 Å². The monoisotopic (exact) mass is 321 g/mol. The number of nitrogens with one attached hydrogen (secondary N) is 1. The molecule has 1 aromatic carbocycles. The third kappa shape index (κ3) is 3.03. The molecule has 1 aromatic heterocycles. The molecule has 2 rings (SSSR count). The zero-order valence-electron chi connectivity index (χ0n) is 10.2. The van der Waals surface area contributed by atoms with Gasteiger partial charge in [-0.2, -0.15) is 0 Å². The van der Waals surface area contributed by atoms with E-state index in [0.717, 1.165) is 10.2 Å². The van der Waals surface area contributed by atoms with Crippen LogP contribution < -0.4 is 11.1 Å². The van der Waals surface area contributed by atoms with Crippen molar-refractivity contribution < 1.29 is 9.53 Å². The smallest absolute Gasteiger partial charge is 0.340 e. The summed E-state index contributed by atoms with van der Waals surface area (Å²) in [6.07, 6.45) is 1.42. The van der Waals surface area contributed by atoms with Crippen LogP contribution in [-0.2, 0) is 4.74 Å². The maximum absolute atomic E-state index is 11.5. The minimum absolute atomic E-state index is 0.282. The van der Waals surface area contributed by atoms with E-state index >= 15 is 0 Å². The summed E-state index contributed by atoms with van der Waals surface area (Å²) in [4.78, 5) is 15.7. The van der Waals surface area contributed by atoms with Crippen LogP contribution in [0.3, 0.4) is 0 Å². The zero-order valence-corrected chi connectivity index (χ0v) is 11.8. The van der Waals surface area contributed by atoms with Gasteiger partial charge >= 0.3 is 5.97 Å². The van der Waals surface area contributed by atoms with Gasteiger partial charge in [-0.1, -0.05) is 12.1 Å². The number of carbonyl (C=O) groups is 1. The quantitative estimate of drug-likeness (QED) is 0.850. The Hall–Kier alpha value is -2.08. The van der Waals surface area contributed by atoms with Gasteiger partial charge in [0.1, 0.15) is 5.82 Å². The van der Waals surface area contributed by atoms with Crippen molar-refractivity contribution >= 4 is 39.1 Å². The van der Waals surface area contributed by atoms with E-state index in [1.807, 2.05) is 24.3 Å². The molecule has 0 atom stereocenters. The molecule has 0 saturated carbocycles. The third-order valence-corrected chi connectivity index (χ3v) is 3.17. The average Bonchev–Trinajstić information content (AvgIpc) is 2.42. The number of ether oxygens (including phenoxy) is 1. The molecule has 0 aliphatic rings. The average molecular weight is 322 g/mol. The minimum Gasteiger partial charge on any atom is -0.465 e. The Morgan fingerprint density at radius 2 is 2.16 bits per heavy atom. The van der Waals surface area contributed by atoms with Crippen molar-refractivity contribution in [3.63, 3.8) is 0 Å². The molecule has 0 amide bonds. The van der Waals surface area contributed by atoms with Gasteiger partial charge < -0.3 is 15.8 Å². The van der Waals surface area contributed by atoms with Gasteiger partial charge in [0.2, 0.25) is 0 Å². The van der Waals surface area contributed by atoms with Crippen LogP contribution in [0.1, 0.15) is 10.4 Å². The molecule has 0 unspecified atom stereocenters. The van der Waals surface area contributed by atoms with E-state index < -0.39 is 5.97 Å². The Kier molecular flexibility index (Phi) is 4.01. The molecule has 2 aromatic rings. The molecule has 3 N–H and O–H groups in total. The van der Waals surface area contributed by atoms with Crippen LogP contribution in [-0.4, -0.2) is 18.1 Å². The highest BCUT2D eigenvalue weighted by molar-refractivity contribution is 9.10. The van der Waals surface area contributed by atoms with E-state index in [1.165, 1.54) is 13.3 Å². The van der Waals surface area contributed by atoms with Crippen molar-refractivity contribution in [1.82, 2.24) is 4.98 Å². The van der Waals surface area contributed by atoms with Crippen molar-refractivity contribution in [2.24, 2.45) is 0 Å². The van der Waals surface area contributed by atoms with Gasteiger partial charge in [-0.25, -0.2) is 9.78 Å². The fourth-order valence-corrected chi connectivity index (χ4v) is 1.91. The molecule has 0 fully saturated rings. The number of aromatic nitrogens is 1. The lowest BCUT2D eigenvalue weighted by Gasteiger charge is -2.09. The maximum atomic E-state index is 11.5. The van der Waals surface area contributed by atoms with Crippen molar-refractivity contribution in [2.45, 2.75) is 0 Å². The lowest BCUT2D eigenvalue weighted by Crippen LogP contribution is -2.07. The maximum Gasteiger partial charge on any atom is 0.340 e. The minimum atomic E-state index is -0.491. The number of carbonyl (C=O) groups excluding carboxylic acids is 1. The Balaban J connectivity index is 2.32. The molecule has 98 valence electrons. The van der Waals surface area contributed by atoms with Crippen LogP contribution in [0.2, 0.25) is 0 Å². The highest BCUT2D eigenvalue weighted by Gasteiger charge is 2.12. The highest BCUT2D eigenvalue weighted by Crippen LogP contribution is 2.25. The highest BCUT2D eigenvalue weighted by atomic mass is 79.9. The molecule has 6 heteroatoms. The van der Waals surface area contributed by atoms with E-state index in [2.05, 4.69) is 31.0 Å². The number of pyridine rings is 1. The summed E-state index contributed by atoms with van der Waals surface area (Å²) in [6, 6.07) is 9.15. The van der Waals surface area contributed by atoms with Gasteiger partial charge in [0.25, 0.3) is 0 Å². The molecule has 1 heterocycles. The van der Waals surface area contributed by atoms with Gasteiger partial charge in [-0.05, 0) is 34.1 Å². The second-order valence-corrected chi connectivity index (χ2v) is 4.61. The number of halogens is 1. The molecule has 0 aliphatic heterocycles. The number of hydrogen-bond donors (Lipinski definition) is 2. The molecule has 19 heavy (non-hydrogen) atoms. The van der Waals surface area contributed by atoms with Crippen molar-refractivity contribution in [1.29, 1.82) is 0 Å². The first-order valence-corrected chi connectivity index (χ1v) is 6.26. The first-order valence-electron chi connectivity index (χ1n) is 5.47. The number of para-hydroxylation sites is 1. The predicted molar refractivity (Wildman–Crippen MR) is 77.4 cm³/mol. The summed E-state index contributed by atoms with van der Waals surface area (Å²) in [7, 11) is 1.31. The number of nitrogen functional groups attached to an aromatic ring is 1. The van der Waals surface area contributed by atoms with Crippen molar-refractivity contribution in [3.8, 4) is 0 Å². The second-order valence-electron chi connectivity index (χ2n) is 3.75. The largest absolute Gasteiger partial charge is 0.465 e. The third-order valence-electron chi connectivity index (χ3n) is 2.48. The van der Waals surface area contributed by atoms with Crippen LogP contribution >= 0.6 is 15.9 Å². The molecule has 0 saturated heterocycles. The molecular formula is C13H12BrN3O2. The van der Waals surface area contributed by atoms with Gasteiger partial charge in [0.15, 0.2) is 0 Å². The standard InChI is InChI=1S/C13H12BrN3O2/c1-19-13(18)8-6-12(16-7-10(8)15)17-11-5-3-2-4-9(11)14/h2-7H,15H2,1H3,(H,16,17). The van der Waals surface area contributed by atoms with E-state index in [9.17, 15) is 4.79 Å². The number of nitrogens with zero attached hydrogens (tertiary/aromatic N) is 1. The van der Waals surface area contributed by atoms with Crippen LogP contribution in [0, 0.1) is 0 Å². The first-order chi connectivity index (χ1) is 9.11. The number of anilines is 3. The number of methoxy groups -OCH3 is 1. The Bertz CT molecular complexity index is 617. The number of nitrogens with two attached hydrogens (primary N) is 1. The number of hydrogen-bond acceptors (Lipinski definition) is 5. The normalized spacial score (nSPS) is 10.0. The van der Waals surface area contributed by atoms with E-state index in [0.29, 0.717) is 5.82 Å². The van der Waals surface area contributed by atoms with Gasteiger partial charge in [0, 0.05) is 4.47 Å². The van der Waals surface area contributed by atoms with Crippen LogP contribution in [0.5, 0.6) is 0 Å². The lowest BCUT2D eigenvalue weighted by molar-refractivity contribution is 0.0602. The predicted octanol–water partition coefficient (Wildman–Crippen LogP) is 2.96. The lowest BCUT2D eigenvalue weighted by atomic mass is 10.2. The summed E-state index contributed by atoms with van der Waals surface area (Å²) >= 11 is 3.42. The van der Waals surface area contributed by atoms with Gasteiger partial charge in [-0.3, -0.25) is 0 Å². The Labute approximate surface area is 118 Å². The van der Waals surface area contributed by atoms with E-state index in [4.69, 9.17) is 5.73 Å². The SMILES string of the molecule is COC(=O)c1cc(Nc2ccccc2Br)ncc1N. The van der Waals surface area contributed by atoms with E-state index in [-0.39, 0.29) is 11.3 Å². The van der Waals surface area contributed by atoms with Crippen molar-refractivity contribution in [2.75, 3.05) is 18.2 Å². The Morgan fingerprint density at radius 3 is 2.84 bits per heavy atom. The number of benzene rings is 1. The zero-order chi connectivity index (χ0) is 13.8. The number of esters is 1. The molecular weight excluding hydrogens is 310 g/mol. The summed E-state index contributed by atoms with van der Waals surface area (Å²) in [5, 5.41) is 3.10. The second kappa shape index (κ2) is 5.71. The summed E-state index contributed by atoms with van der Waals surface area (Å²) in [5.74, 6) is 0.0246. The Morgan fingerprint density at radius 1 is 1.42 bits per heavy atom. The molecule has 0 radical (unpaired) electrons. The van der Waals surface area contributed by atoms with Crippen molar-refractivity contribution in [3.05, 3.63) is 46.6 Å². The van der Waals surface area contributed by atoms with Crippen LogP contribution in [0.25, 0.3) is 0 Å². The molecule has 5 nitrogen and oxygen atoms in total. The summed E-state index contributed by atoms with van der Waals surface area (Å²) in [6.45, 7) is 0. The summed E-state index contributed by atoms with van der Waals surface area (Å²) < 4.78 is 5.56. The first kappa shape index (κ1) is 13.4. The molecule has 0 aliphatic carbocycles. The van der Waals surface area contributed by atoms with Gasteiger partial charge in [-0.15, -0.1) is 0 Å². The fourth-order valence-electron chi connectivity index (χ4n) is 1.52. The van der Waals surface area contributed by atoms with Crippen LogP contribution in [0.15, 0.2) is 41.0 Å². The van der Waals surface area contributed by atoms with E-state index in [1.54, 1.807) is 6.07 Å². The molecule has 0 spiro atoms. The number of rotatable bonds is 3. The topological polar surface area (TPSA) is 77.2 Å².